The number of amides is 2. The van der Waals surface area contributed by atoms with E-state index in [9.17, 15) is 9.59 Å². The summed E-state index contributed by atoms with van der Waals surface area (Å²) in [6.07, 6.45) is 3.42. The van der Waals surface area contributed by atoms with Crippen molar-refractivity contribution < 1.29 is 9.59 Å². The summed E-state index contributed by atoms with van der Waals surface area (Å²) in [6.45, 7) is 4.24. The molecule has 1 aliphatic heterocycles. The molecule has 2 amide bonds. The van der Waals surface area contributed by atoms with Crippen molar-refractivity contribution in [3.05, 3.63) is 54.4 Å². The molecule has 1 saturated heterocycles. The molecule has 1 fully saturated rings. The summed E-state index contributed by atoms with van der Waals surface area (Å²) in [5, 5.41) is 2.77. The van der Waals surface area contributed by atoms with Crippen LogP contribution in [0.25, 0.3) is 0 Å². The summed E-state index contributed by atoms with van der Waals surface area (Å²) in [5.74, 6) is 0.371. The van der Waals surface area contributed by atoms with Gasteiger partial charge in [-0.2, -0.15) is 0 Å². The lowest BCUT2D eigenvalue weighted by Crippen LogP contribution is -2.54. The first kappa shape index (κ1) is 16.9. The second-order valence-electron chi connectivity index (χ2n) is 5.92. The summed E-state index contributed by atoms with van der Waals surface area (Å²) >= 11 is 0. The largest absolute Gasteiger partial charge is 0.341 e. The van der Waals surface area contributed by atoms with E-state index in [0.29, 0.717) is 37.7 Å². The number of nitrogens with zero attached hydrogens (tertiary/aromatic N) is 4. The highest BCUT2D eigenvalue weighted by atomic mass is 16.2. The Hall–Kier alpha value is -2.96. The van der Waals surface area contributed by atoms with Gasteiger partial charge in [0.25, 0.3) is 5.91 Å². The van der Waals surface area contributed by atoms with Crippen LogP contribution in [0.5, 0.6) is 0 Å². The fraction of sp³-hybridized carbons (Fsp3) is 0.333. The van der Waals surface area contributed by atoms with Crippen LogP contribution in [0.15, 0.2) is 48.8 Å². The molecule has 0 bridgehead atoms. The van der Waals surface area contributed by atoms with Gasteiger partial charge in [-0.15, -0.1) is 0 Å². The van der Waals surface area contributed by atoms with Gasteiger partial charge in [0, 0.05) is 44.1 Å². The van der Waals surface area contributed by atoms with Crippen molar-refractivity contribution in [1.82, 2.24) is 20.2 Å². The molecule has 1 atom stereocenters. The zero-order chi connectivity index (χ0) is 17.6. The van der Waals surface area contributed by atoms with Gasteiger partial charge in [-0.05, 0) is 25.1 Å². The number of aromatic nitrogens is 2. The number of carbonyl (C=O) groups is 2. The lowest BCUT2D eigenvalue weighted by atomic mass is 10.2. The zero-order valence-electron chi connectivity index (χ0n) is 14.1. The fourth-order valence-electron chi connectivity index (χ4n) is 2.79. The van der Waals surface area contributed by atoms with Crippen molar-refractivity contribution in [2.45, 2.75) is 13.0 Å². The normalized spacial score (nSPS) is 15.6. The molecule has 3 rings (SSSR count). The maximum atomic E-state index is 12.6. The van der Waals surface area contributed by atoms with E-state index in [-0.39, 0.29) is 11.8 Å². The molecule has 0 unspecified atom stereocenters. The number of anilines is 1. The lowest BCUT2D eigenvalue weighted by molar-refractivity contribution is -0.133. The van der Waals surface area contributed by atoms with E-state index in [2.05, 4.69) is 20.2 Å². The summed E-state index contributed by atoms with van der Waals surface area (Å²) in [5.41, 5.74) is 0.549. The van der Waals surface area contributed by atoms with Gasteiger partial charge in [0.1, 0.15) is 6.04 Å². The molecule has 0 saturated carbocycles. The second-order valence-corrected chi connectivity index (χ2v) is 5.92. The average molecular weight is 339 g/mol. The molecule has 25 heavy (non-hydrogen) atoms. The van der Waals surface area contributed by atoms with E-state index >= 15 is 0 Å². The van der Waals surface area contributed by atoms with Gasteiger partial charge in [-0.25, -0.2) is 9.97 Å². The Labute approximate surface area is 146 Å². The van der Waals surface area contributed by atoms with E-state index in [4.69, 9.17) is 0 Å². The van der Waals surface area contributed by atoms with Crippen molar-refractivity contribution in [1.29, 1.82) is 0 Å². The SMILES string of the molecule is C[C@@H](NC(=O)c1ccccc1)C(=O)N1CCN(c2ncccn2)CC1. The maximum absolute atomic E-state index is 12.6. The van der Waals surface area contributed by atoms with Gasteiger partial charge < -0.3 is 15.1 Å². The highest BCUT2D eigenvalue weighted by Crippen LogP contribution is 2.10. The Kier molecular flexibility index (Phi) is 5.23. The van der Waals surface area contributed by atoms with Gasteiger partial charge in [-0.1, -0.05) is 18.2 Å². The number of carbonyl (C=O) groups excluding carboxylic acids is 2. The quantitative estimate of drug-likeness (QED) is 0.897. The number of hydrogen-bond donors (Lipinski definition) is 1. The summed E-state index contributed by atoms with van der Waals surface area (Å²) in [7, 11) is 0. The molecule has 2 aromatic rings. The molecular weight excluding hydrogens is 318 g/mol. The van der Waals surface area contributed by atoms with Crippen LogP contribution in [0.4, 0.5) is 5.95 Å². The minimum atomic E-state index is -0.563. The van der Waals surface area contributed by atoms with Crippen LogP contribution in [0.3, 0.4) is 0 Å². The molecule has 0 radical (unpaired) electrons. The Morgan fingerprint density at radius 3 is 2.28 bits per heavy atom. The number of rotatable bonds is 4. The molecule has 7 heteroatoms. The zero-order valence-corrected chi connectivity index (χ0v) is 14.1. The van der Waals surface area contributed by atoms with E-state index in [1.54, 1.807) is 54.5 Å². The molecule has 1 aromatic carbocycles. The first-order valence-electron chi connectivity index (χ1n) is 8.32. The van der Waals surface area contributed by atoms with Gasteiger partial charge in [-0.3, -0.25) is 9.59 Å². The van der Waals surface area contributed by atoms with Crippen molar-refractivity contribution in [3.8, 4) is 0 Å². The molecule has 1 aliphatic rings. The van der Waals surface area contributed by atoms with Crippen LogP contribution >= 0.6 is 0 Å². The van der Waals surface area contributed by atoms with Crippen LogP contribution in [0.1, 0.15) is 17.3 Å². The molecule has 130 valence electrons. The Morgan fingerprint density at radius 2 is 1.64 bits per heavy atom. The fourth-order valence-corrected chi connectivity index (χ4v) is 2.79. The van der Waals surface area contributed by atoms with Gasteiger partial charge in [0.05, 0.1) is 0 Å². The van der Waals surface area contributed by atoms with Crippen LogP contribution in [0.2, 0.25) is 0 Å². The maximum Gasteiger partial charge on any atom is 0.251 e. The molecule has 0 spiro atoms. The lowest BCUT2D eigenvalue weighted by Gasteiger charge is -2.35. The third kappa shape index (κ3) is 4.12. The van der Waals surface area contributed by atoms with Crippen LogP contribution in [-0.4, -0.2) is 58.9 Å². The minimum absolute atomic E-state index is 0.0714. The number of hydrogen-bond acceptors (Lipinski definition) is 5. The smallest absolute Gasteiger partial charge is 0.251 e. The van der Waals surface area contributed by atoms with Crippen LogP contribution in [-0.2, 0) is 4.79 Å². The van der Waals surface area contributed by atoms with Crippen LogP contribution < -0.4 is 10.2 Å². The third-order valence-corrected chi connectivity index (χ3v) is 4.18. The van der Waals surface area contributed by atoms with Crippen molar-refractivity contribution in [2.75, 3.05) is 31.1 Å². The molecule has 2 heterocycles. The molecule has 7 nitrogen and oxygen atoms in total. The Morgan fingerprint density at radius 1 is 1.00 bits per heavy atom. The van der Waals surface area contributed by atoms with Crippen molar-refractivity contribution in [3.63, 3.8) is 0 Å². The first-order valence-corrected chi connectivity index (χ1v) is 8.32. The molecule has 1 aromatic heterocycles. The standard InChI is InChI=1S/C18H21N5O2/c1-14(21-16(24)15-6-3-2-4-7-15)17(25)22-10-12-23(13-11-22)18-19-8-5-9-20-18/h2-9,14H,10-13H2,1H3,(H,21,24)/t14-/m1/s1. The monoisotopic (exact) mass is 339 g/mol. The van der Waals surface area contributed by atoms with E-state index < -0.39 is 6.04 Å². The molecule has 1 N–H and O–H groups in total. The Bertz CT molecular complexity index is 715. The predicted molar refractivity (Wildman–Crippen MR) is 94.2 cm³/mol. The predicted octanol–water partition coefficient (Wildman–Crippen LogP) is 0.944. The van der Waals surface area contributed by atoms with Crippen LogP contribution in [0, 0.1) is 0 Å². The first-order chi connectivity index (χ1) is 12.1. The third-order valence-electron chi connectivity index (χ3n) is 4.18. The average Bonchev–Trinajstić information content (AvgIpc) is 2.69. The van der Waals surface area contributed by atoms with E-state index in [1.165, 1.54) is 0 Å². The second kappa shape index (κ2) is 7.74. The van der Waals surface area contributed by atoms with E-state index in [0.717, 1.165) is 0 Å². The Balaban J connectivity index is 1.53. The molecular formula is C18H21N5O2. The topological polar surface area (TPSA) is 78.4 Å². The van der Waals surface area contributed by atoms with E-state index in [1.807, 2.05) is 6.07 Å². The highest BCUT2D eigenvalue weighted by molar-refractivity contribution is 5.97. The number of benzene rings is 1. The van der Waals surface area contributed by atoms with Crippen molar-refractivity contribution >= 4 is 17.8 Å². The minimum Gasteiger partial charge on any atom is -0.341 e. The summed E-state index contributed by atoms with van der Waals surface area (Å²) < 4.78 is 0. The molecule has 0 aliphatic carbocycles. The number of piperazine rings is 1. The van der Waals surface area contributed by atoms with Gasteiger partial charge >= 0.3 is 0 Å². The highest BCUT2D eigenvalue weighted by Gasteiger charge is 2.26. The summed E-state index contributed by atoms with van der Waals surface area (Å²) in [6, 6.07) is 10.1. The number of nitrogens with one attached hydrogen (secondary N) is 1. The van der Waals surface area contributed by atoms with Gasteiger partial charge in [0.2, 0.25) is 11.9 Å². The summed E-state index contributed by atoms with van der Waals surface area (Å²) in [4.78, 5) is 37.0. The van der Waals surface area contributed by atoms with Crippen molar-refractivity contribution in [2.24, 2.45) is 0 Å². The van der Waals surface area contributed by atoms with Gasteiger partial charge in [0.15, 0.2) is 0 Å².